The van der Waals surface area contributed by atoms with Crippen LogP contribution in [0, 0.1) is 0 Å². The third kappa shape index (κ3) is 178. The van der Waals surface area contributed by atoms with E-state index < -0.39 is 72.8 Å². The number of hydrogen-bond acceptors (Lipinski definition) is 28. The van der Waals surface area contributed by atoms with E-state index in [4.69, 9.17) is 0 Å². The second-order valence-electron chi connectivity index (χ2n) is 30.9. The molecule has 0 spiro atoms. The summed E-state index contributed by atoms with van der Waals surface area (Å²) in [5, 5.41) is 0. The molecule has 0 heterocycles. The molecule has 0 rings (SSSR count). The zero-order valence-electron chi connectivity index (χ0n) is 77.7. The average Bonchev–Trinajstić information content (AvgIpc) is 1.03. The van der Waals surface area contributed by atoms with Crippen LogP contribution in [0.15, 0.2) is 0 Å². The van der Waals surface area contributed by atoms with Crippen LogP contribution in [-0.4, -0.2) is 215 Å². The van der Waals surface area contributed by atoms with Crippen molar-refractivity contribution in [2.75, 3.05) is 46.2 Å². The van der Waals surface area contributed by atoms with Crippen molar-refractivity contribution < 1.29 is 120 Å². The molecule has 0 atom stereocenters. The molecule has 0 aromatic carbocycles. The third-order valence-electron chi connectivity index (χ3n) is 19.1. The van der Waals surface area contributed by atoms with Crippen molar-refractivity contribution in [2.45, 2.75) is 498 Å². The Bertz CT molecular complexity index is 2300. The molecule has 28 nitrogen and oxygen atoms in total. The van der Waals surface area contributed by atoms with Crippen molar-refractivity contribution in [1.82, 2.24) is 0 Å². The van der Waals surface area contributed by atoms with E-state index in [1.165, 1.54) is 315 Å². The maximum Gasteiger partial charge on any atom is 3.00 e. The van der Waals surface area contributed by atoms with Gasteiger partial charge in [0, 0.05) is 0 Å². The molecule has 0 aliphatic carbocycles. The topological polar surface area (TPSA) is 465 Å². The zero-order chi connectivity index (χ0) is 90.9. The Hall–Kier alpha value is 1.65. The molecule has 0 amide bonds. The SMILES string of the molecule is CCCCCCCCCCCCOS(=O)(=O)[O-].CCCCCCCCCCCCOS(=O)(=O)[O-].CCCCCCCCCCCCOS(=O)(=O)[O-].CCCCCCCCCCCCOS(=O)(=O)[O-].CCCCCCCCCCCCOS(=O)(=O)[O-].CCCCCCCCCCCCOS(=O)(=O)[O-].CCCCCCCCCCCCOS(=O)(=O)[O-].[Al+3].[Ca+2].[Mg+2]. The first kappa shape index (κ1) is 144. The summed E-state index contributed by atoms with van der Waals surface area (Å²) >= 11 is 0. The predicted octanol–water partition coefficient (Wildman–Crippen LogP) is 22.5. The van der Waals surface area contributed by atoms with E-state index in [1.807, 2.05) is 0 Å². The second kappa shape index (κ2) is 111. The molecule has 0 saturated carbocycles. The summed E-state index contributed by atoms with van der Waals surface area (Å²) in [5.41, 5.74) is 0. The fraction of sp³-hybridized carbons (Fsp3) is 1.00. The molecule has 0 aromatic heterocycles. The molecule has 0 aromatic rings. The van der Waals surface area contributed by atoms with E-state index in [0.717, 1.165) is 89.9 Å². The van der Waals surface area contributed by atoms with Gasteiger partial charge in [-0.05, 0) is 44.9 Å². The van der Waals surface area contributed by atoms with Gasteiger partial charge >= 0.3 is 78.2 Å². The summed E-state index contributed by atoms with van der Waals surface area (Å²) in [6.45, 7) is 15.7. The average molecular weight is 1950 g/mol. The van der Waals surface area contributed by atoms with E-state index >= 15 is 0 Å². The summed E-state index contributed by atoms with van der Waals surface area (Å²) in [4.78, 5) is 0. The molecule has 0 aliphatic rings. The molecule has 0 bridgehead atoms. The van der Waals surface area contributed by atoms with Crippen LogP contribution in [0.1, 0.15) is 498 Å². The van der Waals surface area contributed by atoms with Gasteiger partial charge in [0.2, 0.25) is 72.8 Å². The molecule has 0 aliphatic heterocycles. The summed E-state index contributed by atoms with van der Waals surface area (Å²) < 4.78 is 241. The normalized spacial score (nSPS) is 11.6. The fourth-order valence-corrected chi connectivity index (χ4v) is 14.5. The Morgan fingerprint density at radius 3 is 0.254 bits per heavy atom. The van der Waals surface area contributed by atoms with E-state index in [-0.39, 0.29) is 124 Å². The number of rotatable bonds is 84. The Balaban J connectivity index is -0.000000149. The summed E-state index contributed by atoms with van der Waals surface area (Å²) in [6, 6.07) is 0. The van der Waals surface area contributed by atoms with Crippen molar-refractivity contribution in [3.63, 3.8) is 0 Å². The van der Waals surface area contributed by atoms with Crippen LogP contribution in [0.4, 0.5) is 0 Å². The van der Waals surface area contributed by atoms with Gasteiger partial charge in [0.25, 0.3) is 0 Å². The van der Waals surface area contributed by atoms with Crippen LogP contribution in [0.3, 0.4) is 0 Å². The Labute approximate surface area is 807 Å². The minimum absolute atomic E-state index is 0. The first-order valence-electron chi connectivity index (χ1n) is 46.6. The van der Waals surface area contributed by atoms with Crippen LogP contribution in [0.25, 0.3) is 0 Å². The van der Waals surface area contributed by atoms with Gasteiger partial charge < -0.3 is 31.9 Å². The van der Waals surface area contributed by atoms with Crippen molar-refractivity contribution in [1.29, 1.82) is 0 Å². The first-order valence-corrected chi connectivity index (χ1v) is 56.0. The fourth-order valence-electron chi connectivity index (χ4n) is 12.3. The molecular formula is C84H175AlCaMgO28S7. The Morgan fingerprint density at radius 2 is 0.197 bits per heavy atom. The monoisotopic (exact) mass is 1950 g/mol. The van der Waals surface area contributed by atoms with Gasteiger partial charge in [-0.3, -0.25) is 29.3 Å². The Kier molecular flexibility index (Phi) is 131. The minimum Gasteiger partial charge on any atom is -0.726 e. The molecule has 0 fully saturated rings. The van der Waals surface area contributed by atoms with Gasteiger partial charge in [-0.15, -0.1) is 0 Å². The van der Waals surface area contributed by atoms with Gasteiger partial charge in [-0.1, -0.05) is 453 Å². The van der Waals surface area contributed by atoms with E-state index in [2.05, 4.69) is 77.7 Å². The Morgan fingerprint density at radius 1 is 0.139 bits per heavy atom. The largest absolute Gasteiger partial charge is 3.00 e. The summed E-state index contributed by atoms with van der Waals surface area (Å²) in [6.07, 6.45) is 81.9. The van der Waals surface area contributed by atoms with E-state index in [1.54, 1.807) is 0 Å². The number of unbranched alkanes of at least 4 members (excludes halogenated alkanes) is 63. The predicted molar refractivity (Wildman–Crippen MR) is 490 cm³/mol. The maximum atomic E-state index is 10.1. The summed E-state index contributed by atoms with van der Waals surface area (Å²) in [5.74, 6) is 0. The van der Waals surface area contributed by atoms with E-state index in [0.29, 0.717) is 44.9 Å². The third-order valence-corrected chi connectivity index (χ3v) is 22.3. The van der Waals surface area contributed by atoms with E-state index in [9.17, 15) is 90.8 Å². The van der Waals surface area contributed by atoms with Crippen LogP contribution >= 0.6 is 0 Å². The standard InChI is InChI=1S/7C12H26O4S.Al.Ca.Mg/c7*1-2-3-4-5-6-7-8-9-10-11-12-16-17(13,14)15;;;/h7*2-12H2,1H3,(H,13,14,15);;;/q;;;;;;;+3;2*+2/p-7. The molecule has 0 unspecified atom stereocenters. The van der Waals surface area contributed by atoms with Crippen molar-refractivity contribution >= 4 is 151 Å². The molecule has 728 valence electrons. The van der Waals surface area contributed by atoms with Gasteiger partial charge in [0.15, 0.2) is 0 Å². The molecular weight excluding hydrogens is 1770 g/mol. The van der Waals surface area contributed by atoms with Gasteiger partial charge in [0.05, 0.1) is 46.2 Å². The first-order chi connectivity index (χ1) is 56.4. The molecule has 0 saturated heterocycles. The van der Waals surface area contributed by atoms with Crippen LogP contribution in [0.5, 0.6) is 0 Å². The molecule has 38 heteroatoms. The van der Waals surface area contributed by atoms with Crippen molar-refractivity contribution in [3.05, 3.63) is 0 Å². The quantitative estimate of drug-likeness (QED) is 0.0236. The smallest absolute Gasteiger partial charge is 0.726 e. The zero-order valence-corrected chi connectivity index (χ0v) is 88.2. The number of hydrogen-bond donors (Lipinski definition) is 0. The van der Waals surface area contributed by atoms with Crippen LogP contribution in [-0.2, 0) is 102 Å². The van der Waals surface area contributed by atoms with Crippen LogP contribution in [0.2, 0.25) is 0 Å². The molecule has 122 heavy (non-hydrogen) atoms. The summed E-state index contributed by atoms with van der Waals surface area (Å²) in [7, 11) is -31.4. The van der Waals surface area contributed by atoms with Gasteiger partial charge in [0.1, 0.15) is 0 Å². The minimum atomic E-state index is -4.48. The second-order valence-corrected chi connectivity index (χ2v) is 38.3. The molecule has 0 N–H and O–H groups in total. The molecule has 0 radical (unpaired) electrons. The van der Waals surface area contributed by atoms with Crippen molar-refractivity contribution in [2.24, 2.45) is 0 Å². The van der Waals surface area contributed by atoms with Gasteiger partial charge in [-0.2, -0.15) is 0 Å². The van der Waals surface area contributed by atoms with Crippen molar-refractivity contribution in [3.8, 4) is 0 Å². The van der Waals surface area contributed by atoms with Gasteiger partial charge in [-0.25, -0.2) is 58.9 Å². The maximum absolute atomic E-state index is 10.1. The van der Waals surface area contributed by atoms with Crippen LogP contribution < -0.4 is 0 Å².